The maximum absolute atomic E-state index is 3.96. The van der Waals surface area contributed by atoms with E-state index in [1.54, 1.807) is 0 Å². The van der Waals surface area contributed by atoms with Gasteiger partial charge in [-0.05, 0) is 40.6 Å². The van der Waals surface area contributed by atoms with Crippen molar-refractivity contribution in [2.45, 2.75) is 6.92 Å². The van der Waals surface area contributed by atoms with Crippen LogP contribution in [0, 0.1) is 0 Å². The summed E-state index contributed by atoms with van der Waals surface area (Å²) >= 11 is 0. The fourth-order valence-corrected chi connectivity index (χ4v) is 1.32. The number of hydrogen-bond acceptors (Lipinski definition) is 0. The first-order valence-corrected chi connectivity index (χ1v) is 4.27. The molecule has 66 valence electrons. The highest BCUT2D eigenvalue weighted by Gasteiger charge is 1.94. The van der Waals surface area contributed by atoms with E-state index in [1.165, 1.54) is 0 Å². The second kappa shape index (κ2) is 3.90. The van der Waals surface area contributed by atoms with E-state index in [2.05, 4.69) is 25.8 Å². The van der Waals surface area contributed by atoms with Gasteiger partial charge in [0.1, 0.15) is 0 Å². The number of rotatable bonds is 2. The molecule has 1 aromatic carbocycles. The van der Waals surface area contributed by atoms with Crippen LogP contribution in [-0.2, 0) is 0 Å². The SMILES string of the molecule is C=Cc1cc(=C)/c(=C\C)cc1C=C. The Kier molecular flexibility index (Phi) is 2.86. The van der Waals surface area contributed by atoms with Gasteiger partial charge in [-0.25, -0.2) is 0 Å². The Morgan fingerprint density at radius 1 is 1.08 bits per heavy atom. The van der Waals surface area contributed by atoms with Crippen LogP contribution in [0.25, 0.3) is 24.8 Å². The lowest BCUT2D eigenvalue weighted by molar-refractivity contribution is 1.48. The zero-order valence-electron chi connectivity index (χ0n) is 8.01. The first-order valence-electron chi connectivity index (χ1n) is 4.27. The van der Waals surface area contributed by atoms with E-state index in [1.807, 2.05) is 31.2 Å². The van der Waals surface area contributed by atoms with E-state index in [4.69, 9.17) is 0 Å². The molecule has 0 unspecified atom stereocenters. The molecule has 0 heteroatoms. The van der Waals surface area contributed by atoms with Crippen molar-refractivity contribution in [3.63, 3.8) is 0 Å². The van der Waals surface area contributed by atoms with Gasteiger partial charge in [-0.2, -0.15) is 0 Å². The molecular weight excluding hydrogens is 156 g/mol. The summed E-state index contributed by atoms with van der Waals surface area (Å²) in [6, 6.07) is 4.10. The zero-order valence-corrected chi connectivity index (χ0v) is 8.01. The van der Waals surface area contributed by atoms with Gasteiger partial charge in [0, 0.05) is 0 Å². The second-order valence-corrected chi connectivity index (χ2v) is 2.88. The van der Waals surface area contributed by atoms with Crippen LogP contribution in [0.3, 0.4) is 0 Å². The molecule has 0 bridgehead atoms. The van der Waals surface area contributed by atoms with Crippen LogP contribution >= 0.6 is 0 Å². The molecule has 1 rings (SSSR count). The highest BCUT2D eigenvalue weighted by Crippen LogP contribution is 2.06. The van der Waals surface area contributed by atoms with Gasteiger partial charge >= 0.3 is 0 Å². The summed E-state index contributed by atoms with van der Waals surface area (Å²) in [5.74, 6) is 0. The van der Waals surface area contributed by atoms with Crippen molar-refractivity contribution in [1.29, 1.82) is 0 Å². The van der Waals surface area contributed by atoms with E-state index < -0.39 is 0 Å². The van der Waals surface area contributed by atoms with Crippen LogP contribution in [0.15, 0.2) is 25.3 Å². The lowest BCUT2D eigenvalue weighted by Gasteiger charge is -2.00. The van der Waals surface area contributed by atoms with Gasteiger partial charge in [0.05, 0.1) is 0 Å². The molecule has 0 aromatic heterocycles. The maximum Gasteiger partial charge on any atom is -0.0184 e. The van der Waals surface area contributed by atoms with Crippen molar-refractivity contribution in [3.8, 4) is 0 Å². The zero-order chi connectivity index (χ0) is 9.84. The van der Waals surface area contributed by atoms with E-state index in [0.29, 0.717) is 0 Å². The Morgan fingerprint density at radius 2 is 1.62 bits per heavy atom. The molecule has 0 radical (unpaired) electrons. The van der Waals surface area contributed by atoms with Gasteiger partial charge < -0.3 is 0 Å². The van der Waals surface area contributed by atoms with E-state index >= 15 is 0 Å². The normalized spacial score (nSPS) is 11.3. The Bertz CT molecular complexity index is 436. The monoisotopic (exact) mass is 170 g/mol. The molecule has 0 fully saturated rings. The minimum Gasteiger partial charge on any atom is -0.0984 e. The Hall–Kier alpha value is -1.56. The Morgan fingerprint density at radius 3 is 2.08 bits per heavy atom. The molecule has 0 nitrogen and oxygen atoms in total. The standard InChI is InChI=1S/C13H14/c1-5-11-9-13(7-3)12(6-2)8-10(11)4/h5-9H,2-4H2,1H3/b11-5-. The summed E-state index contributed by atoms with van der Waals surface area (Å²) in [6.45, 7) is 13.5. The molecule has 0 saturated carbocycles. The molecule has 0 saturated heterocycles. The fourth-order valence-electron chi connectivity index (χ4n) is 1.32. The van der Waals surface area contributed by atoms with Gasteiger partial charge in [0.25, 0.3) is 0 Å². The third-order valence-corrected chi connectivity index (χ3v) is 2.10. The predicted octanol–water partition coefficient (Wildman–Crippen LogP) is 2.18. The summed E-state index contributed by atoms with van der Waals surface area (Å²) in [6.07, 6.45) is 5.71. The molecule has 0 aliphatic rings. The lowest BCUT2D eigenvalue weighted by atomic mass is 10.0. The highest BCUT2D eigenvalue weighted by molar-refractivity contribution is 5.63. The summed E-state index contributed by atoms with van der Waals surface area (Å²) < 4.78 is 0. The van der Waals surface area contributed by atoms with Crippen molar-refractivity contribution in [2.75, 3.05) is 0 Å². The minimum atomic E-state index is 1.03. The second-order valence-electron chi connectivity index (χ2n) is 2.88. The average Bonchev–Trinajstić information content (AvgIpc) is 2.17. The van der Waals surface area contributed by atoms with E-state index in [0.717, 1.165) is 21.6 Å². The van der Waals surface area contributed by atoms with Crippen LogP contribution in [0.1, 0.15) is 18.1 Å². The Balaban J connectivity index is 3.63. The first-order chi connectivity index (χ1) is 6.22. The number of benzene rings is 1. The Labute approximate surface area is 79.2 Å². The number of hydrogen-bond donors (Lipinski definition) is 0. The van der Waals surface area contributed by atoms with Crippen LogP contribution < -0.4 is 10.4 Å². The van der Waals surface area contributed by atoms with Gasteiger partial charge in [-0.15, -0.1) is 0 Å². The van der Waals surface area contributed by atoms with Crippen molar-refractivity contribution < 1.29 is 0 Å². The van der Waals surface area contributed by atoms with Crippen molar-refractivity contribution >= 4 is 24.8 Å². The van der Waals surface area contributed by atoms with Crippen LogP contribution in [0.4, 0.5) is 0 Å². The molecule has 0 heterocycles. The molecule has 0 N–H and O–H groups in total. The molecule has 0 aliphatic heterocycles. The minimum absolute atomic E-state index is 1.03. The lowest BCUT2D eigenvalue weighted by Crippen LogP contribution is -2.23. The van der Waals surface area contributed by atoms with E-state index in [9.17, 15) is 0 Å². The molecule has 0 amide bonds. The summed E-state index contributed by atoms with van der Waals surface area (Å²) in [5, 5.41) is 2.18. The maximum atomic E-state index is 3.96. The summed E-state index contributed by atoms with van der Waals surface area (Å²) in [4.78, 5) is 0. The summed E-state index contributed by atoms with van der Waals surface area (Å²) in [7, 11) is 0. The van der Waals surface area contributed by atoms with Crippen molar-refractivity contribution in [3.05, 3.63) is 46.9 Å². The van der Waals surface area contributed by atoms with Crippen LogP contribution in [0.5, 0.6) is 0 Å². The molecular formula is C13H14. The van der Waals surface area contributed by atoms with Gasteiger partial charge in [-0.1, -0.05) is 38.0 Å². The van der Waals surface area contributed by atoms with Crippen molar-refractivity contribution in [2.24, 2.45) is 0 Å². The molecule has 1 aromatic rings. The van der Waals surface area contributed by atoms with E-state index in [-0.39, 0.29) is 0 Å². The van der Waals surface area contributed by atoms with Gasteiger partial charge in [-0.3, -0.25) is 0 Å². The van der Waals surface area contributed by atoms with Crippen LogP contribution in [0.2, 0.25) is 0 Å². The largest absolute Gasteiger partial charge is 0.0984 e. The van der Waals surface area contributed by atoms with Crippen LogP contribution in [-0.4, -0.2) is 0 Å². The topological polar surface area (TPSA) is 0 Å². The van der Waals surface area contributed by atoms with Crippen molar-refractivity contribution in [1.82, 2.24) is 0 Å². The van der Waals surface area contributed by atoms with Gasteiger partial charge in [0.15, 0.2) is 0 Å². The predicted molar refractivity (Wildman–Crippen MR) is 61.5 cm³/mol. The smallest absolute Gasteiger partial charge is 0.0184 e. The third kappa shape index (κ3) is 1.78. The first kappa shape index (κ1) is 9.53. The molecule has 13 heavy (non-hydrogen) atoms. The fraction of sp³-hybridized carbons (Fsp3) is 0.0769. The quantitative estimate of drug-likeness (QED) is 0.638. The molecule has 0 spiro atoms. The summed E-state index contributed by atoms with van der Waals surface area (Å²) in [5.41, 5.74) is 2.20. The van der Waals surface area contributed by atoms with Gasteiger partial charge in [0.2, 0.25) is 0 Å². The molecule has 0 aliphatic carbocycles. The average molecular weight is 170 g/mol. The highest BCUT2D eigenvalue weighted by atomic mass is 14.0. The third-order valence-electron chi connectivity index (χ3n) is 2.10. The molecule has 0 atom stereocenters.